The number of hydrogen-bond acceptors (Lipinski definition) is 5. The van der Waals surface area contributed by atoms with Gasteiger partial charge in [0.1, 0.15) is 0 Å². The first-order chi connectivity index (χ1) is 8.56. The Morgan fingerprint density at radius 2 is 1.72 bits per heavy atom. The minimum absolute atomic E-state index is 0.0479. The molecule has 98 valence electrons. The molecule has 3 N–H and O–H groups in total. The van der Waals surface area contributed by atoms with Crippen molar-refractivity contribution in [2.75, 3.05) is 12.3 Å². The Balaban J connectivity index is 2.07. The molecule has 0 aliphatic rings. The summed E-state index contributed by atoms with van der Waals surface area (Å²) in [6.07, 6.45) is 0. The lowest BCUT2D eigenvalue weighted by atomic mass is 10.2. The van der Waals surface area contributed by atoms with Crippen LogP contribution in [0.4, 0.5) is 0 Å². The van der Waals surface area contributed by atoms with Crippen molar-refractivity contribution in [2.24, 2.45) is 5.14 Å². The molecule has 0 radical (unpaired) electrons. The molecule has 0 aliphatic heterocycles. The van der Waals surface area contributed by atoms with E-state index < -0.39 is 10.0 Å². The van der Waals surface area contributed by atoms with Crippen LogP contribution in [0.1, 0.15) is 15.8 Å². The number of thiophene rings is 2. The van der Waals surface area contributed by atoms with Gasteiger partial charge in [0.05, 0.1) is 11.8 Å². The van der Waals surface area contributed by atoms with Crippen molar-refractivity contribution in [3.8, 4) is 0 Å². The molecule has 0 aromatic carbocycles. The molecule has 0 saturated heterocycles. The second-order valence-corrected chi connectivity index (χ2v) is 7.48. The number of primary sulfonamides is 1. The lowest BCUT2D eigenvalue weighted by Gasteiger charge is -2.15. The van der Waals surface area contributed by atoms with Gasteiger partial charge in [-0.05, 0) is 22.9 Å². The molecule has 0 atom stereocenters. The Morgan fingerprint density at radius 3 is 2.11 bits per heavy atom. The van der Waals surface area contributed by atoms with Gasteiger partial charge < -0.3 is 5.32 Å². The molecular weight excluding hydrogens is 288 g/mol. The van der Waals surface area contributed by atoms with Gasteiger partial charge in [-0.3, -0.25) is 0 Å². The van der Waals surface area contributed by atoms with Crippen molar-refractivity contribution < 1.29 is 8.42 Å². The number of nitrogens with one attached hydrogen (secondary N) is 1. The maximum Gasteiger partial charge on any atom is 0.210 e. The van der Waals surface area contributed by atoms with E-state index in [-0.39, 0.29) is 11.8 Å². The van der Waals surface area contributed by atoms with Crippen molar-refractivity contribution in [3.05, 3.63) is 44.8 Å². The number of sulfonamides is 1. The normalized spacial score (nSPS) is 12.1. The van der Waals surface area contributed by atoms with Crippen LogP contribution in [-0.4, -0.2) is 20.7 Å². The monoisotopic (exact) mass is 302 g/mol. The second-order valence-electron chi connectivity index (χ2n) is 3.78. The Bertz CT molecular complexity index is 527. The highest BCUT2D eigenvalue weighted by Gasteiger charge is 2.16. The molecule has 0 aliphatic carbocycles. The maximum absolute atomic E-state index is 10.9. The standard InChI is InChI=1S/C11H14N2O2S3/c12-18(14,15)8-5-13-11(9-3-1-6-16-9)10-4-2-7-17-10/h1-4,6-7,11,13H,5,8H2,(H2,12,14,15). The summed E-state index contributed by atoms with van der Waals surface area (Å²) >= 11 is 3.30. The zero-order chi connectivity index (χ0) is 13.0. The largest absolute Gasteiger partial charge is 0.304 e. The SMILES string of the molecule is NS(=O)(=O)CCNC(c1cccs1)c1cccs1. The highest BCUT2D eigenvalue weighted by atomic mass is 32.2. The third-order valence-electron chi connectivity index (χ3n) is 2.39. The average molecular weight is 302 g/mol. The third kappa shape index (κ3) is 3.89. The van der Waals surface area contributed by atoms with Crippen LogP contribution >= 0.6 is 22.7 Å². The summed E-state index contributed by atoms with van der Waals surface area (Å²) in [7, 11) is -3.41. The molecule has 0 unspecified atom stereocenters. The van der Waals surface area contributed by atoms with Gasteiger partial charge in [-0.15, -0.1) is 22.7 Å². The number of nitrogens with two attached hydrogens (primary N) is 1. The lowest BCUT2D eigenvalue weighted by Crippen LogP contribution is -2.29. The minimum atomic E-state index is -3.41. The second kappa shape index (κ2) is 5.94. The molecule has 0 fully saturated rings. The van der Waals surface area contributed by atoms with Gasteiger partial charge in [0.2, 0.25) is 10.0 Å². The quantitative estimate of drug-likeness (QED) is 0.854. The van der Waals surface area contributed by atoms with Crippen LogP contribution in [0, 0.1) is 0 Å². The predicted molar refractivity (Wildman–Crippen MR) is 76.5 cm³/mol. The fourth-order valence-corrected chi connectivity index (χ4v) is 3.71. The van der Waals surface area contributed by atoms with E-state index in [1.807, 2.05) is 35.0 Å². The molecule has 7 heteroatoms. The zero-order valence-electron chi connectivity index (χ0n) is 9.57. The fourth-order valence-electron chi connectivity index (χ4n) is 1.60. The molecule has 0 spiro atoms. The van der Waals surface area contributed by atoms with Gasteiger partial charge in [-0.25, -0.2) is 13.6 Å². The molecule has 4 nitrogen and oxygen atoms in total. The summed E-state index contributed by atoms with van der Waals surface area (Å²) in [6.45, 7) is 0.347. The Labute approximate surface area is 115 Å². The molecule has 2 aromatic heterocycles. The van der Waals surface area contributed by atoms with Crippen LogP contribution in [0.2, 0.25) is 0 Å². The van der Waals surface area contributed by atoms with Gasteiger partial charge >= 0.3 is 0 Å². The smallest absolute Gasteiger partial charge is 0.210 e. The molecule has 0 amide bonds. The third-order valence-corrected chi connectivity index (χ3v) is 5.04. The van der Waals surface area contributed by atoms with Crippen LogP contribution in [0.25, 0.3) is 0 Å². The topological polar surface area (TPSA) is 72.2 Å². The summed E-state index contributed by atoms with van der Waals surface area (Å²) in [5.74, 6) is -0.0553. The van der Waals surface area contributed by atoms with Crippen molar-refractivity contribution in [1.82, 2.24) is 5.32 Å². The molecular formula is C11H14N2O2S3. The first kappa shape index (κ1) is 13.7. The van der Waals surface area contributed by atoms with Crippen molar-refractivity contribution in [3.63, 3.8) is 0 Å². The summed E-state index contributed by atoms with van der Waals surface area (Å²) in [5.41, 5.74) is 0. The van der Waals surface area contributed by atoms with E-state index in [1.54, 1.807) is 22.7 Å². The van der Waals surface area contributed by atoms with Gasteiger partial charge in [-0.1, -0.05) is 12.1 Å². The summed E-state index contributed by atoms with van der Waals surface area (Å²) < 4.78 is 21.9. The maximum atomic E-state index is 10.9. The first-order valence-corrected chi connectivity index (χ1v) is 8.84. The highest BCUT2D eigenvalue weighted by Crippen LogP contribution is 2.28. The molecule has 0 bridgehead atoms. The van der Waals surface area contributed by atoms with Crippen molar-refractivity contribution >= 4 is 32.7 Å². The van der Waals surface area contributed by atoms with E-state index in [2.05, 4.69) is 5.32 Å². The van der Waals surface area contributed by atoms with Gasteiger partial charge in [0.15, 0.2) is 0 Å². The fraction of sp³-hybridized carbons (Fsp3) is 0.273. The van der Waals surface area contributed by atoms with E-state index in [0.717, 1.165) is 0 Å². The average Bonchev–Trinajstić information content (AvgIpc) is 2.96. The van der Waals surface area contributed by atoms with Gasteiger partial charge in [0, 0.05) is 16.3 Å². The van der Waals surface area contributed by atoms with Crippen molar-refractivity contribution in [1.29, 1.82) is 0 Å². The molecule has 18 heavy (non-hydrogen) atoms. The number of hydrogen-bond donors (Lipinski definition) is 2. The summed E-state index contributed by atoms with van der Waals surface area (Å²) in [5, 5.41) is 12.3. The van der Waals surface area contributed by atoms with E-state index in [9.17, 15) is 8.42 Å². The Hall–Kier alpha value is -0.730. The van der Waals surface area contributed by atoms with Gasteiger partial charge in [0.25, 0.3) is 0 Å². The van der Waals surface area contributed by atoms with E-state index in [1.165, 1.54) is 9.75 Å². The predicted octanol–water partition coefficient (Wildman–Crippen LogP) is 1.78. The Morgan fingerprint density at radius 1 is 1.17 bits per heavy atom. The highest BCUT2D eigenvalue weighted by molar-refractivity contribution is 7.89. The van der Waals surface area contributed by atoms with Crippen molar-refractivity contribution in [2.45, 2.75) is 6.04 Å². The summed E-state index contributed by atoms with van der Waals surface area (Å²) in [4.78, 5) is 2.35. The Kier molecular flexibility index (Phi) is 4.52. The first-order valence-electron chi connectivity index (χ1n) is 5.37. The van der Waals surface area contributed by atoms with E-state index in [0.29, 0.717) is 6.54 Å². The lowest BCUT2D eigenvalue weighted by molar-refractivity contribution is 0.586. The van der Waals surface area contributed by atoms with Crippen LogP contribution < -0.4 is 10.5 Å². The zero-order valence-corrected chi connectivity index (χ0v) is 12.0. The molecule has 0 saturated carbocycles. The van der Waals surface area contributed by atoms with Crippen LogP contribution in [0.5, 0.6) is 0 Å². The van der Waals surface area contributed by atoms with E-state index in [4.69, 9.17) is 5.14 Å². The van der Waals surface area contributed by atoms with Crippen LogP contribution in [0.3, 0.4) is 0 Å². The van der Waals surface area contributed by atoms with Crippen LogP contribution in [-0.2, 0) is 10.0 Å². The van der Waals surface area contributed by atoms with Gasteiger partial charge in [-0.2, -0.15) is 0 Å². The molecule has 2 rings (SSSR count). The summed E-state index contributed by atoms with van der Waals surface area (Å²) in [6, 6.07) is 8.11. The molecule has 2 aromatic rings. The van der Waals surface area contributed by atoms with E-state index >= 15 is 0 Å². The minimum Gasteiger partial charge on any atom is -0.304 e. The number of rotatable bonds is 6. The molecule has 2 heterocycles. The van der Waals surface area contributed by atoms with Crippen LogP contribution in [0.15, 0.2) is 35.0 Å².